The molecule has 0 saturated heterocycles. The molecule has 2 unspecified atom stereocenters. The molecule has 1 aliphatic rings. The summed E-state index contributed by atoms with van der Waals surface area (Å²) in [6.45, 7) is 4.06. The first-order chi connectivity index (χ1) is 9.47. The minimum Gasteiger partial charge on any atom is -0.381 e. The Balaban J connectivity index is 2.16. The topological polar surface area (TPSA) is 55.2 Å². The number of nitro groups is 1. The number of benzene rings is 1. The van der Waals surface area contributed by atoms with Crippen molar-refractivity contribution in [3.63, 3.8) is 0 Å². The fourth-order valence-electron chi connectivity index (χ4n) is 2.82. The van der Waals surface area contributed by atoms with Crippen LogP contribution in [0.15, 0.2) is 16.6 Å². The van der Waals surface area contributed by atoms with Crippen LogP contribution < -0.4 is 5.32 Å². The van der Waals surface area contributed by atoms with Crippen molar-refractivity contribution in [1.29, 1.82) is 0 Å². The van der Waals surface area contributed by atoms with Crippen LogP contribution in [-0.2, 0) is 0 Å². The molecule has 2 atom stereocenters. The molecule has 2 rings (SSSR count). The lowest BCUT2D eigenvalue weighted by Crippen LogP contribution is -2.18. The molecule has 0 amide bonds. The molecule has 1 aromatic carbocycles. The van der Waals surface area contributed by atoms with E-state index in [9.17, 15) is 10.1 Å². The Kier molecular flexibility index (Phi) is 5.02. The largest absolute Gasteiger partial charge is 0.381 e. The van der Waals surface area contributed by atoms with E-state index in [1.807, 2.05) is 6.07 Å². The van der Waals surface area contributed by atoms with E-state index in [-0.39, 0.29) is 10.6 Å². The van der Waals surface area contributed by atoms with E-state index in [1.165, 1.54) is 19.3 Å². The van der Waals surface area contributed by atoms with E-state index >= 15 is 0 Å². The lowest BCUT2D eigenvalue weighted by molar-refractivity contribution is -0.385. The van der Waals surface area contributed by atoms with E-state index in [0.29, 0.717) is 11.6 Å². The Morgan fingerprint density at radius 1 is 1.30 bits per heavy atom. The number of halogens is 1. The van der Waals surface area contributed by atoms with E-state index in [1.54, 1.807) is 13.0 Å². The second kappa shape index (κ2) is 6.57. The van der Waals surface area contributed by atoms with Gasteiger partial charge in [0.25, 0.3) is 5.69 Å². The molecule has 0 spiro atoms. The summed E-state index contributed by atoms with van der Waals surface area (Å²) >= 11 is 3.50. The predicted octanol–water partition coefficient (Wildman–Crippen LogP) is 5.05. The summed E-state index contributed by atoms with van der Waals surface area (Å²) in [6.07, 6.45) is 6.01. The molecule has 1 aliphatic carbocycles. The molecule has 1 fully saturated rings. The fourth-order valence-corrected chi connectivity index (χ4v) is 3.39. The minimum atomic E-state index is -0.317. The monoisotopic (exact) mass is 340 g/mol. The number of nitrogens with one attached hydrogen (secondary N) is 1. The Morgan fingerprint density at radius 2 is 2.05 bits per heavy atom. The minimum absolute atomic E-state index is 0.178. The van der Waals surface area contributed by atoms with E-state index in [0.717, 1.165) is 28.9 Å². The van der Waals surface area contributed by atoms with Gasteiger partial charge in [0.1, 0.15) is 0 Å². The van der Waals surface area contributed by atoms with Crippen molar-refractivity contribution in [2.24, 2.45) is 5.92 Å². The summed E-state index contributed by atoms with van der Waals surface area (Å²) < 4.78 is 0.901. The van der Waals surface area contributed by atoms with Gasteiger partial charge in [0.15, 0.2) is 0 Å². The SMILES string of the molecule is Cc1cc(Br)c(NC2CCCC(C)CC2)cc1[N+](=O)[O-]. The van der Waals surface area contributed by atoms with Gasteiger partial charge in [-0.1, -0.05) is 19.8 Å². The first-order valence-electron chi connectivity index (χ1n) is 7.18. The number of hydrogen-bond acceptors (Lipinski definition) is 3. The number of aryl methyl sites for hydroxylation is 1. The van der Waals surface area contributed by atoms with Crippen LogP contribution in [-0.4, -0.2) is 11.0 Å². The van der Waals surface area contributed by atoms with Gasteiger partial charge in [0.05, 0.1) is 10.6 Å². The third-order valence-corrected chi connectivity index (χ3v) is 4.76. The molecule has 0 radical (unpaired) electrons. The van der Waals surface area contributed by atoms with Crippen molar-refractivity contribution in [2.45, 2.75) is 52.0 Å². The van der Waals surface area contributed by atoms with Gasteiger partial charge in [0, 0.05) is 22.1 Å². The second-order valence-electron chi connectivity index (χ2n) is 5.83. The van der Waals surface area contributed by atoms with Crippen molar-refractivity contribution >= 4 is 27.3 Å². The molecule has 5 heteroatoms. The van der Waals surface area contributed by atoms with Crippen LogP contribution in [0.3, 0.4) is 0 Å². The van der Waals surface area contributed by atoms with Crippen molar-refractivity contribution in [3.8, 4) is 0 Å². The van der Waals surface area contributed by atoms with Gasteiger partial charge in [-0.25, -0.2) is 0 Å². The maximum absolute atomic E-state index is 11.0. The standard InChI is InChI=1S/C15H21BrN2O2/c1-10-4-3-5-12(7-6-10)17-14-9-15(18(19)20)11(2)8-13(14)16/h8-10,12,17H,3-7H2,1-2H3. The Bertz CT molecular complexity index is 505. The first kappa shape index (κ1) is 15.3. The zero-order valence-electron chi connectivity index (χ0n) is 12.0. The zero-order chi connectivity index (χ0) is 14.7. The Labute approximate surface area is 128 Å². The van der Waals surface area contributed by atoms with Gasteiger partial charge in [-0.05, 0) is 54.1 Å². The van der Waals surface area contributed by atoms with Crippen LogP contribution in [0.4, 0.5) is 11.4 Å². The second-order valence-corrected chi connectivity index (χ2v) is 6.68. The number of anilines is 1. The van der Waals surface area contributed by atoms with Gasteiger partial charge in [0.2, 0.25) is 0 Å². The molecular weight excluding hydrogens is 320 g/mol. The highest BCUT2D eigenvalue weighted by molar-refractivity contribution is 9.10. The summed E-state index contributed by atoms with van der Waals surface area (Å²) in [5, 5.41) is 14.5. The van der Waals surface area contributed by atoms with Crippen LogP contribution in [0.5, 0.6) is 0 Å². The van der Waals surface area contributed by atoms with Crippen LogP contribution in [0.25, 0.3) is 0 Å². The summed E-state index contributed by atoms with van der Waals surface area (Å²) in [7, 11) is 0. The molecule has 110 valence electrons. The number of nitrogens with zero attached hydrogens (tertiary/aromatic N) is 1. The molecule has 0 heterocycles. The van der Waals surface area contributed by atoms with Crippen LogP contribution >= 0.6 is 15.9 Å². The van der Waals surface area contributed by atoms with Gasteiger partial charge in [-0.2, -0.15) is 0 Å². The van der Waals surface area contributed by atoms with E-state index in [2.05, 4.69) is 28.2 Å². The summed E-state index contributed by atoms with van der Waals surface area (Å²) in [4.78, 5) is 10.7. The molecule has 20 heavy (non-hydrogen) atoms. The van der Waals surface area contributed by atoms with Crippen LogP contribution in [0.2, 0.25) is 0 Å². The molecule has 0 bridgehead atoms. The maximum Gasteiger partial charge on any atom is 0.274 e. The number of hydrogen-bond donors (Lipinski definition) is 1. The predicted molar refractivity (Wildman–Crippen MR) is 85.2 cm³/mol. The molecule has 0 aromatic heterocycles. The number of nitro benzene ring substituents is 1. The van der Waals surface area contributed by atoms with E-state index in [4.69, 9.17) is 0 Å². The Morgan fingerprint density at radius 3 is 2.75 bits per heavy atom. The molecule has 1 saturated carbocycles. The van der Waals surface area contributed by atoms with Crippen molar-refractivity contribution < 1.29 is 4.92 Å². The summed E-state index contributed by atoms with van der Waals surface area (Å²) in [6, 6.07) is 3.88. The smallest absolute Gasteiger partial charge is 0.274 e. The lowest BCUT2D eigenvalue weighted by atomic mass is 10.0. The van der Waals surface area contributed by atoms with Gasteiger partial charge < -0.3 is 5.32 Å². The van der Waals surface area contributed by atoms with Gasteiger partial charge in [-0.15, -0.1) is 0 Å². The number of rotatable bonds is 3. The molecule has 1 aromatic rings. The third kappa shape index (κ3) is 3.72. The van der Waals surface area contributed by atoms with Crippen LogP contribution in [0, 0.1) is 23.0 Å². The van der Waals surface area contributed by atoms with E-state index < -0.39 is 0 Å². The van der Waals surface area contributed by atoms with Crippen molar-refractivity contribution in [2.75, 3.05) is 5.32 Å². The van der Waals surface area contributed by atoms with Crippen LogP contribution in [0.1, 0.15) is 44.6 Å². The van der Waals surface area contributed by atoms with Gasteiger partial charge >= 0.3 is 0 Å². The summed E-state index contributed by atoms with van der Waals surface area (Å²) in [5.41, 5.74) is 1.70. The molecule has 1 N–H and O–H groups in total. The first-order valence-corrected chi connectivity index (χ1v) is 7.97. The average Bonchev–Trinajstić information content (AvgIpc) is 2.57. The highest BCUT2D eigenvalue weighted by atomic mass is 79.9. The van der Waals surface area contributed by atoms with Gasteiger partial charge in [-0.3, -0.25) is 10.1 Å². The summed E-state index contributed by atoms with van der Waals surface area (Å²) in [5.74, 6) is 0.789. The highest BCUT2D eigenvalue weighted by Crippen LogP contribution is 2.33. The molecule has 0 aliphatic heterocycles. The zero-order valence-corrected chi connectivity index (χ0v) is 13.6. The van der Waals surface area contributed by atoms with Crippen molar-refractivity contribution in [1.82, 2.24) is 0 Å². The molecule has 4 nitrogen and oxygen atoms in total. The average molecular weight is 341 g/mol. The lowest BCUT2D eigenvalue weighted by Gasteiger charge is -2.19. The quantitative estimate of drug-likeness (QED) is 0.476. The fraction of sp³-hybridized carbons (Fsp3) is 0.600. The highest BCUT2D eigenvalue weighted by Gasteiger charge is 2.19. The Hall–Kier alpha value is -1.10. The van der Waals surface area contributed by atoms with Crippen molar-refractivity contribution in [3.05, 3.63) is 32.3 Å². The molecular formula is C15H21BrN2O2. The maximum atomic E-state index is 11.0. The normalized spacial score (nSPS) is 23.1. The third-order valence-electron chi connectivity index (χ3n) is 4.10.